The predicted molar refractivity (Wildman–Crippen MR) is 155 cm³/mol. The number of para-hydroxylation sites is 1. The minimum atomic E-state index is -1.59. The molecule has 3 aliphatic rings. The Kier molecular flexibility index (Phi) is 13.1. The summed E-state index contributed by atoms with van der Waals surface area (Å²) >= 11 is 0. The summed E-state index contributed by atoms with van der Waals surface area (Å²) in [6.45, 7) is 23.3. The van der Waals surface area contributed by atoms with Gasteiger partial charge in [-0.3, -0.25) is 4.90 Å². The quantitative estimate of drug-likeness (QED) is 0.294. The summed E-state index contributed by atoms with van der Waals surface area (Å²) in [5, 5.41) is 0. The molecule has 2 aliphatic carbocycles. The molecule has 1 aromatic carbocycles. The van der Waals surface area contributed by atoms with Crippen LogP contribution in [0, 0.1) is 25.7 Å². The number of fused-ring (bicyclic) bond motifs is 1. The Hall–Kier alpha value is -0.779. The predicted octanol–water partition coefficient (Wildman–Crippen LogP) is 7.73. The summed E-state index contributed by atoms with van der Waals surface area (Å²) in [4.78, 5) is 10.2. The fourth-order valence-corrected chi connectivity index (χ4v) is 10.1. The van der Waals surface area contributed by atoms with Crippen LogP contribution in [0.25, 0.3) is 4.98 Å². The maximum absolute atomic E-state index is 5.34. The second-order valence-electron chi connectivity index (χ2n) is 11.5. The summed E-state index contributed by atoms with van der Waals surface area (Å²) in [6.07, 6.45) is 13.7. The smallest absolute Gasteiger partial charge is 0.660 e. The zero-order chi connectivity index (χ0) is 25.5. The first kappa shape index (κ1) is 32.3. The molecule has 1 aromatic rings. The molecule has 3 nitrogen and oxygen atoms in total. The Morgan fingerprint density at radius 2 is 1.51 bits per heavy atom. The minimum Gasteiger partial charge on any atom is -0.660 e. The molecule has 0 spiro atoms. The van der Waals surface area contributed by atoms with Gasteiger partial charge in [0.25, 0.3) is 0 Å². The van der Waals surface area contributed by atoms with Crippen molar-refractivity contribution in [1.82, 2.24) is 4.90 Å². The summed E-state index contributed by atoms with van der Waals surface area (Å²) in [6, 6.07) is 8.84. The molecule has 5 heteroatoms. The normalized spacial score (nSPS) is 25.5. The van der Waals surface area contributed by atoms with Crippen LogP contribution in [0.5, 0.6) is 0 Å². The molecule has 1 saturated heterocycles. The fraction of sp³-hybridized carbons (Fsp3) is 0.600. The zero-order valence-corrected chi connectivity index (χ0v) is 26.3. The van der Waals surface area contributed by atoms with Crippen molar-refractivity contribution >= 4 is 13.9 Å². The van der Waals surface area contributed by atoms with Crippen LogP contribution in [0.1, 0.15) is 52.5 Å². The van der Waals surface area contributed by atoms with Crippen LogP contribution in [0.3, 0.4) is 0 Å². The van der Waals surface area contributed by atoms with Crippen LogP contribution in [0.15, 0.2) is 48.6 Å². The molecule has 4 unspecified atom stereocenters. The van der Waals surface area contributed by atoms with E-state index in [9.17, 15) is 0 Å². The Morgan fingerprint density at radius 3 is 2.00 bits per heavy atom. The molecule has 1 heterocycles. The molecule has 193 valence electrons. The van der Waals surface area contributed by atoms with Crippen molar-refractivity contribution in [2.45, 2.75) is 77.2 Å². The van der Waals surface area contributed by atoms with Crippen molar-refractivity contribution in [3.8, 4) is 0 Å². The largest absolute Gasteiger partial charge is 3.00 e. The second kappa shape index (κ2) is 14.2. The molecule has 2 fully saturated rings. The van der Waals surface area contributed by atoms with Gasteiger partial charge in [0.05, 0.1) is 0 Å². The molecular weight excluding hydrogens is 478 g/mol. The molecular formula is C30H50N3SiTi. The van der Waals surface area contributed by atoms with E-state index in [1.807, 2.05) is 32.3 Å². The van der Waals surface area contributed by atoms with E-state index in [1.54, 1.807) is 6.92 Å². The van der Waals surface area contributed by atoms with Crippen LogP contribution < -0.4 is 4.90 Å². The van der Waals surface area contributed by atoms with Crippen molar-refractivity contribution in [3.05, 3.63) is 73.0 Å². The van der Waals surface area contributed by atoms with E-state index >= 15 is 0 Å². The van der Waals surface area contributed by atoms with Crippen LogP contribution in [0.2, 0.25) is 18.6 Å². The van der Waals surface area contributed by atoms with E-state index < -0.39 is 8.24 Å². The number of anilines is 1. The Balaban J connectivity index is 0.000000398. The molecule has 0 amide bonds. The standard InChI is InChI=1S/C19H33N2Si.C9H12N.C2H5.Ti/c1-19(2,3)20-22(4,5)18-14-17(21-12-8-9-13-21)15-10-6-7-11-16(15)18;1-8-6-4-5-7-9(8)10(2)3;1-2;/h6-7,10-11,15-18H,8-9,12-14H2,1-5H3;4-7H,1H2,2-3H3;1H2,2H3;/q3*-1;+3. The van der Waals surface area contributed by atoms with Crippen molar-refractivity contribution in [2.24, 2.45) is 11.8 Å². The molecule has 1 radical (unpaired) electrons. The van der Waals surface area contributed by atoms with E-state index in [4.69, 9.17) is 4.98 Å². The average molecular weight is 529 g/mol. The number of benzene rings is 1. The van der Waals surface area contributed by atoms with Gasteiger partial charge in [-0.25, -0.2) is 0 Å². The van der Waals surface area contributed by atoms with Gasteiger partial charge in [-0.2, -0.15) is 25.5 Å². The molecule has 0 N–H and O–H groups in total. The Labute approximate surface area is 233 Å². The number of nitrogens with zero attached hydrogens (tertiary/aromatic N) is 3. The van der Waals surface area contributed by atoms with Gasteiger partial charge < -0.3 is 16.8 Å². The summed E-state index contributed by atoms with van der Waals surface area (Å²) in [5.74, 6) is 1.46. The SMILES string of the molecule is CC(C)(C)[N-][Si](C)(C)C1CC(N2CCCC2)C2C=CC=CC21.[CH2-]C.[CH2-]c1ccccc1N(C)C.[Ti+3]. The monoisotopic (exact) mass is 528 g/mol. The molecule has 4 atom stereocenters. The van der Waals surface area contributed by atoms with Gasteiger partial charge in [0, 0.05) is 6.04 Å². The third kappa shape index (κ3) is 8.93. The van der Waals surface area contributed by atoms with Gasteiger partial charge in [0.15, 0.2) is 0 Å². The van der Waals surface area contributed by atoms with Gasteiger partial charge in [-0.05, 0) is 58.3 Å². The fourth-order valence-electron chi connectivity index (χ4n) is 6.12. The maximum atomic E-state index is 5.34. The number of allylic oxidation sites excluding steroid dienone is 3. The van der Waals surface area contributed by atoms with Crippen molar-refractivity contribution in [1.29, 1.82) is 0 Å². The van der Waals surface area contributed by atoms with Crippen LogP contribution >= 0.6 is 0 Å². The van der Waals surface area contributed by atoms with Crippen molar-refractivity contribution in [3.63, 3.8) is 0 Å². The zero-order valence-electron chi connectivity index (χ0n) is 23.7. The van der Waals surface area contributed by atoms with Crippen LogP contribution in [0.4, 0.5) is 5.69 Å². The third-order valence-electron chi connectivity index (χ3n) is 7.24. The first-order valence-corrected chi connectivity index (χ1v) is 16.1. The number of hydrogen-bond acceptors (Lipinski definition) is 2. The molecule has 4 rings (SSSR count). The summed E-state index contributed by atoms with van der Waals surface area (Å²) in [5.41, 5.74) is 3.16. The Bertz CT molecular complexity index is 806. The van der Waals surface area contributed by atoms with Gasteiger partial charge in [-0.15, -0.1) is 11.6 Å². The summed E-state index contributed by atoms with van der Waals surface area (Å²) in [7, 11) is 2.44. The average Bonchev–Trinajstić information content (AvgIpc) is 3.42. The van der Waals surface area contributed by atoms with Crippen molar-refractivity contribution in [2.75, 3.05) is 32.1 Å². The number of likely N-dealkylation sites (tertiary alicyclic amines) is 1. The van der Waals surface area contributed by atoms with Gasteiger partial charge in [0.1, 0.15) is 0 Å². The Morgan fingerprint density at radius 1 is 0.971 bits per heavy atom. The van der Waals surface area contributed by atoms with Gasteiger partial charge in [-0.1, -0.05) is 89.8 Å². The van der Waals surface area contributed by atoms with Gasteiger partial charge in [0.2, 0.25) is 0 Å². The van der Waals surface area contributed by atoms with Crippen LogP contribution in [-0.2, 0) is 21.7 Å². The molecule has 1 saturated carbocycles. The maximum Gasteiger partial charge on any atom is 3.00 e. The molecule has 0 aromatic heterocycles. The molecule has 1 aliphatic heterocycles. The third-order valence-corrected chi connectivity index (χ3v) is 10.9. The molecule has 0 bridgehead atoms. The second-order valence-corrected chi connectivity index (χ2v) is 15.8. The van der Waals surface area contributed by atoms with E-state index in [0.29, 0.717) is 0 Å². The van der Waals surface area contributed by atoms with Crippen molar-refractivity contribution < 1.29 is 21.7 Å². The van der Waals surface area contributed by atoms with E-state index in [2.05, 4.69) is 87.9 Å². The number of hydrogen-bond donors (Lipinski definition) is 0. The first-order chi connectivity index (χ1) is 16.0. The van der Waals surface area contributed by atoms with E-state index in [-0.39, 0.29) is 27.3 Å². The van der Waals surface area contributed by atoms with Gasteiger partial charge >= 0.3 is 21.7 Å². The van der Waals surface area contributed by atoms with E-state index in [1.165, 1.54) is 38.0 Å². The first-order valence-electron chi connectivity index (χ1n) is 13.1. The van der Waals surface area contributed by atoms with E-state index in [0.717, 1.165) is 29.0 Å². The minimum absolute atomic E-state index is 0. The van der Waals surface area contributed by atoms with Crippen LogP contribution in [-0.4, -0.2) is 51.9 Å². The topological polar surface area (TPSA) is 20.6 Å². The summed E-state index contributed by atoms with van der Waals surface area (Å²) < 4.78 is 0. The molecule has 35 heavy (non-hydrogen) atoms. The number of rotatable bonds is 4.